The van der Waals surface area contributed by atoms with Crippen LogP contribution in [0.1, 0.15) is 0 Å². The van der Waals surface area contributed by atoms with Crippen LogP contribution < -0.4 is 0 Å². The highest BCUT2D eigenvalue weighted by molar-refractivity contribution is 7.80. The van der Waals surface area contributed by atoms with E-state index in [-0.39, 0.29) is 12.2 Å². The van der Waals surface area contributed by atoms with Crippen LogP contribution in [0, 0.1) is 0 Å². The summed E-state index contributed by atoms with van der Waals surface area (Å²) in [6, 6.07) is 0. The number of aliphatic hydroxyl groups excluding tert-OH is 1. The van der Waals surface area contributed by atoms with Gasteiger partial charge in [0.1, 0.15) is 0 Å². The van der Waals surface area contributed by atoms with Gasteiger partial charge in [0, 0.05) is 32.5 Å². The first-order valence-corrected chi connectivity index (χ1v) is 4.45. The molecule has 66 valence electrons. The first-order chi connectivity index (χ1) is 5.27. The van der Waals surface area contributed by atoms with Gasteiger partial charge >= 0.3 is 0 Å². The number of thiol groups is 1. The Labute approximate surface area is 72.7 Å². The molecule has 2 atom stereocenters. The van der Waals surface area contributed by atoms with Crippen LogP contribution in [0.3, 0.4) is 0 Å². The number of hydrogen-bond donors (Lipinski definition) is 2. The van der Waals surface area contributed by atoms with Gasteiger partial charge in [-0.25, -0.2) is 0 Å². The number of methoxy groups -OCH3 is 1. The first-order valence-electron chi connectivity index (χ1n) is 3.82. The zero-order valence-corrected chi connectivity index (χ0v) is 7.63. The fourth-order valence-corrected chi connectivity index (χ4v) is 1.67. The van der Waals surface area contributed by atoms with Gasteiger partial charge in [-0.3, -0.25) is 4.90 Å². The first kappa shape index (κ1) is 9.32. The molecule has 0 aromatic carbocycles. The van der Waals surface area contributed by atoms with Crippen molar-refractivity contribution < 1.29 is 9.84 Å². The lowest BCUT2D eigenvalue weighted by Gasteiger charge is -2.12. The van der Waals surface area contributed by atoms with Gasteiger partial charge in [0.2, 0.25) is 0 Å². The molecule has 3 nitrogen and oxygen atoms in total. The van der Waals surface area contributed by atoms with Crippen molar-refractivity contribution >= 4 is 12.6 Å². The molecule has 1 saturated heterocycles. The molecule has 1 aliphatic rings. The highest BCUT2D eigenvalue weighted by Gasteiger charge is 2.30. The minimum absolute atomic E-state index is 0.00474. The van der Waals surface area contributed by atoms with Gasteiger partial charge in [-0.2, -0.15) is 12.6 Å². The van der Waals surface area contributed by atoms with Crippen molar-refractivity contribution in [2.75, 3.05) is 32.5 Å². The Kier molecular flexibility index (Phi) is 3.65. The summed E-state index contributed by atoms with van der Waals surface area (Å²) in [5, 5.41) is 9.39. The maximum Gasteiger partial charge on any atom is 0.0969 e. The largest absolute Gasteiger partial charge is 0.389 e. The maximum atomic E-state index is 9.39. The van der Waals surface area contributed by atoms with Crippen molar-refractivity contribution in [2.24, 2.45) is 0 Å². The summed E-state index contributed by atoms with van der Waals surface area (Å²) in [6.45, 7) is 2.48. The Morgan fingerprint density at radius 1 is 1.64 bits per heavy atom. The Morgan fingerprint density at radius 2 is 2.36 bits per heavy atom. The van der Waals surface area contributed by atoms with Crippen molar-refractivity contribution in [1.29, 1.82) is 0 Å². The van der Waals surface area contributed by atoms with E-state index in [9.17, 15) is 5.11 Å². The molecule has 1 rings (SSSR count). The number of hydrogen-bond acceptors (Lipinski definition) is 4. The second-order valence-corrected chi connectivity index (χ2v) is 3.27. The molecule has 0 spiro atoms. The van der Waals surface area contributed by atoms with Crippen LogP contribution in [-0.4, -0.2) is 54.7 Å². The highest BCUT2D eigenvalue weighted by Crippen LogP contribution is 2.11. The van der Waals surface area contributed by atoms with Gasteiger partial charge in [-0.15, -0.1) is 0 Å². The van der Waals surface area contributed by atoms with E-state index in [0.29, 0.717) is 0 Å². The number of ether oxygens (including phenoxy) is 1. The van der Waals surface area contributed by atoms with Crippen molar-refractivity contribution in [3.05, 3.63) is 0 Å². The lowest BCUT2D eigenvalue weighted by atomic mass is 10.3. The zero-order valence-electron chi connectivity index (χ0n) is 6.73. The van der Waals surface area contributed by atoms with Crippen molar-refractivity contribution in [3.8, 4) is 0 Å². The molecule has 11 heavy (non-hydrogen) atoms. The third kappa shape index (κ3) is 2.33. The number of nitrogens with zero attached hydrogens (tertiary/aromatic N) is 1. The fourth-order valence-electron chi connectivity index (χ4n) is 1.39. The van der Waals surface area contributed by atoms with Crippen LogP contribution in [0.5, 0.6) is 0 Å². The standard InChI is InChI=1S/C7H15NO2S/c1-10-7-5-8(2-3-11)4-6(7)9/h6-7,9,11H,2-5H2,1H3/t6-,7-/m1/s1. The highest BCUT2D eigenvalue weighted by atomic mass is 32.1. The third-order valence-corrected chi connectivity index (χ3v) is 2.23. The summed E-state index contributed by atoms with van der Waals surface area (Å²) < 4.78 is 5.08. The predicted molar refractivity (Wildman–Crippen MR) is 47.1 cm³/mol. The van der Waals surface area contributed by atoms with Gasteiger partial charge in [0.05, 0.1) is 12.2 Å². The molecule has 0 saturated carbocycles. The average molecular weight is 177 g/mol. The molecule has 0 bridgehead atoms. The van der Waals surface area contributed by atoms with E-state index in [0.717, 1.165) is 25.4 Å². The van der Waals surface area contributed by atoms with Gasteiger partial charge in [-0.05, 0) is 0 Å². The quantitative estimate of drug-likeness (QED) is 0.576. The summed E-state index contributed by atoms with van der Waals surface area (Å²) >= 11 is 4.12. The Morgan fingerprint density at radius 3 is 2.82 bits per heavy atom. The average Bonchev–Trinajstić information content (AvgIpc) is 2.32. The van der Waals surface area contributed by atoms with Crippen LogP contribution >= 0.6 is 12.6 Å². The van der Waals surface area contributed by atoms with E-state index < -0.39 is 0 Å². The molecule has 0 radical (unpaired) electrons. The summed E-state index contributed by atoms with van der Waals surface area (Å²) in [6.07, 6.45) is -0.324. The van der Waals surface area contributed by atoms with Gasteiger partial charge < -0.3 is 9.84 Å². The zero-order chi connectivity index (χ0) is 8.27. The van der Waals surface area contributed by atoms with E-state index in [1.54, 1.807) is 7.11 Å². The van der Waals surface area contributed by atoms with Gasteiger partial charge in [-0.1, -0.05) is 0 Å². The summed E-state index contributed by atoms with van der Waals surface area (Å²) in [5.41, 5.74) is 0. The normalized spacial score (nSPS) is 33.0. The Hall–Kier alpha value is 0.230. The molecule has 0 aromatic rings. The molecular formula is C7H15NO2S. The van der Waals surface area contributed by atoms with Crippen molar-refractivity contribution in [1.82, 2.24) is 4.90 Å². The monoisotopic (exact) mass is 177 g/mol. The summed E-state index contributed by atoms with van der Waals surface area (Å²) in [4.78, 5) is 2.16. The molecule has 1 N–H and O–H groups in total. The SMILES string of the molecule is CO[C@@H]1CN(CCS)C[C@H]1O. The summed E-state index contributed by atoms with van der Waals surface area (Å²) in [7, 11) is 1.64. The molecule has 0 aromatic heterocycles. The lowest BCUT2D eigenvalue weighted by Crippen LogP contribution is -2.25. The molecule has 4 heteroatoms. The molecule has 1 heterocycles. The van der Waals surface area contributed by atoms with Crippen LogP contribution in [0.2, 0.25) is 0 Å². The molecule has 0 amide bonds. The molecule has 1 aliphatic heterocycles. The minimum Gasteiger partial charge on any atom is -0.389 e. The molecular weight excluding hydrogens is 162 g/mol. The summed E-state index contributed by atoms with van der Waals surface area (Å²) in [5.74, 6) is 0.836. The fraction of sp³-hybridized carbons (Fsp3) is 1.00. The molecule has 0 unspecified atom stereocenters. The third-order valence-electron chi connectivity index (χ3n) is 2.03. The van der Waals surface area contributed by atoms with E-state index >= 15 is 0 Å². The smallest absolute Gasteiger partial charge is 0.0969 e. The van der Waals surface area contributed by atoms with Crippen LogP contribution in [0.15, 0.2) is 0 Å². The van der Waals surface area contributed by atoms with E-state index in [2.05, 4.69) is 17.5 Å². The maximum absolute atomic E-state index is 9.39. The minimum atomic E-state index is -0.320. The number of rotatable bonds is 3. The van der Waals surface area contributed by atoms with Crippen LogP contribution in [0.25, 0.3) is 0 Å². The van der Waals surface area contributed by atoms with Gasteiger partial charge in [0.25, 0.3) is 0 Å². The number of aliphatic hydroxyl groups is 1. The van der Waals surface area contributed by atoms with E-state index in [1.165, 1.54) is 0 Å². The van der Waals surface area contributed by atoms with Crippen molar-refractivity contribution in [3.63, 3.8) is 0 Å². The Bertz CT molecular complexity index is 123. The molecule has 1 fully saturated rings. The second kappa shape index (κ2) is 4.30. The Balaban J connectivity index is 2.30. The van der Waals surface area contributed by atoms with E-state index in [1.807, 2.05) is 0 Å². The van der Waals surface area contributed by atoms with Crippen molar-refractivity contribution in [2.45, 2.75) is 12.2 Å². The van der Waals surface area contributed by atoms with E-state index in [4.69, 9.17) is 4.74 Å². The predicted octanol–water partition coefficient (Wildman–Crippen LogP) is -0.392. The number of β-amino-alcohol motifs (C(OH)–C–C–N with tert-alkyl or cyclic N) is 1. The van der Waals surface area contributed by atoms with Crippen LogP contribution in [0.4, 0.5) is 0 Å². The second-order valence-electron chi connectivity index (χ2n) is 2.82. The molecule has 0 aliphatic carbocycles. The topological polar surface area (TPSA) is 32.7 Å². The van der Waals surface area contributed by atoms with Crippen LogP contribution in [-0.2, 0) is 4.74 Å². The number of likely N-dealkylation sites (tertiary alicyclic amines) is 1. The lowest BCUT2D eigenvalue weighted by molar-refractivity contribution is 0.0215. The van der Waals surface area contributed by atoms with Gasteiger partial charge in [0.15, 0.2) is 0 Å².